The van der Waals surface area contributed by atoms with Crippen molar-refractivity contribution in [2.24, 2.45) is 0 Å². The Balaban J connectivity index is 1.98. The van der Waals surface area contributed by atoms with E-state index in [0.717, 1.165) is 35.6 Å². The van der Waals surface area contributed by atoms with Gasteiger partial charge in [0.05, 0.1) is 5.69 Å². The van der Waals surface area contributed by atoms with Gasteiger partial charge in [0.25, 0.3) is 5.91 Å². The molecule has 0 atom stereocenters. The van der Waals surface area contributed by atoms with Crippen LogP contribution in [0.1, 0.15) is 32.9 Å². The van der Waals surface area contributed by atoms with Gasteiger partial charge < -0.3 is 10.2 Å². The average Bonchev–Trinajstić information content (AvgIpc) is 2.78. The van der Waals surface area contributed by atoms with Gasteiger partial charge in [0.15, 0.2) is 0 Å². The average molecular weight is 286 g/mol. The number of hydrogen-bond donors (Lipinski definition) is 2. The molecule has 0 saturated carbocycles. The molecular formula is C16H22N4O. The Hall–Kier alpha value is -2.14. The Bertz CT molecular complexity index is 611. The van der Waals surface area contributed by atoms with Crippen LogP contribution in [0, 0.1) is 13.8 Å². The van der Waals surface area contributed by atoms with Crippen molar-refractivity contribution in [3.8, 4) is 0 Å². The van der Waals surface area contributed by atoms with Crippen LogP contribution in [-0.4, -0.2) is 35.1 Å². The lowest BCUT2D eigenvalue weighted by Crippen LogP contribution is -2.22. The predicted octanol–water partition coefficient (Wildman–Crippen LogP) is 2.02. The van der Waals surface area contributed by atoms with Gasteiger partial charge in [-0.25, -0.2) is 0 Å². The number of benzene rings is 1. The summed E-state index contributed by atoms with van der Waals surface area (Å²) >= 11 is 0. The zero-order valence-electron chi connectivity index (χ0n) is 13.0. The topological polar surface area (TPSA) is 61.0 Å². The summed E-state index contributed by atoms with van der Waals surface area (Å²) < 4.78 is 0. The molecule has 2 N–H and O–H groups in total. The van der Waals surface area contributed by atoms with Crippen molar-refractivity contribution in [2.45, 2.75) is 26.9 Å². The SMILES string of the molecule is Cc1n[nH]c(C)c1CNCc1cccc(C(=O)N(C)C)c1. The molecule has 0 unspecified atom stereocenters. The van der Waals surface area contributed by atoms with Crippen LogP contribution in [0.25, 0.3) is 0 Å². The fraction of sp³-hybridized carbons (Fsp3) is 0.375. The summed E-state index contributed by atoms with van der Waals surface area (Å²) in [5.41, 5.74) is 5.14. The molecule has 0 aliphatic rings. The first-order valence-corrected chi connectivity index (χ1v) is 7.00. The van der Waals surface area contributed by atoms with Crippen molar-refractivity contribution in [1.29, 1.82) is 0 Å². The molecule has 0 bridgehead atoms. The van der Waals surface area contributed by atoms with E-state index in [2.05, 4.69) is 15.5 Å². The highest BCUT2D eigenvalue weighted by atomic mass is 16.2. The number of H-pyrrole nitrogens is 1. The van der Waals surface area contributed by atoms with Crippen molar-refractivity contribution in [1.82, 2.24) is 20.4 Å². The van der Waals surface area contributed by atoms with Crippen molar-refractivity contribution in [3.05, 3.63) is 52.3 Å². The zero-order chi connectivity index (χ0) is 15.4. The summed E-state index contributed by atoms with van der Waals surface area (Å²) in [6, 6.07) is 7.72. The van der Waals surface area contributed by atoms with Gasteiger partial charge in [-0.1, -0.05) is 12.1 Å². The fourth-order valence-electron chi connectivity index (χ4n) is 2.24. The summed E-state index contributed by atoms with van der Waals surface area (Å²) in [6.45, 7) is 5.50. The molecular weight excluding hydrogens is 264 g/mol. The predicted molar refractivity (Wildman–Crippen MR) is 83.1 cm³/mol. The highest BCUT2D eigenvalue weighted by Crippen LogP contribution is 2.10. The lowest BCUT2D eigenvalue weighted by molar-refractivity contribution is 0.0827. The number of aryl methyl sites for hydroxylation is 2. The summed E-state index contributed by atoms with van der Waals surface area (Å²) in [6.07, 6.45) is 0. The molecule has 1 aromatic carbocycles. The van der Waals surface area contributed by atoms with E-state index in [9.17, 15) is 4.79 Å². The van der Waals surface area contributed by atoms with Gasteiger partial charge in [-0.15, -0.1) is 0 Å². The van der Waals surface area contributed by atoms with Crippen LogP contribution in [0.15, 0.2) is 24.3 Å². The van der Waals surface area contributed by atoms with Crippen LogP contribution in [0.3, 0.4) is 0 Å². The monoisotopic (exact) mass is 286 g/mol. The number of amides is 1. The third-order valence-electron chi connectivity index (χ3n) is 3.49. The third-order valence-corrected chi connectivity index (χ3v) is 3.49. The van der Waals surface area contributed by atoms with E-state index < -0.39 is 0 Å². The van der Waals surface area contributed by atoms with Crippen LogP contribution in [0.5, 0.6) is 0 Å². The molecule has 0 radical (unpaired) electrons. The molecule has 1 heterocycles. The van der Waals surface area contributed by atoms with E-state index in [1.54, 1.807) is 19.0 Å². The van der Waals surface area contributed by atoms with Crippen molar-refractivity contribution >= 4 is 5.91 Å². The number of hydrogen-bond acceptors (Lipinski definition) is 3. The normalized spacial score (nSPS) is 10.7. The second kappa shape index (κ2) is 6.54. The lowest BCUT2D eigenvalue weighted by atomic mass is 10.1. The highest BCUT2D eigenvalue weighted by Gasteiger charge is 2.09. The van der Waals surface area contributed by atoms with Crippen molar-refractivity contribution in [3.63, 3.8) is 0 Å². The molecule has 0 aliphatic heterocycles. The minimum atomic E-state index is 0.0263. The standard InChI is InChI=1S/C16H22N4O/c1-11-15(12(2)19-18-11)10-17-9-13-6-5-7-14(8-13)16(21)20(3)4/h5-8,17H,9-10H2,1-4H3,(H,18,19). The molecule has 0 fully saturated rings. The maximum atomic E-state index is 11.9. The Labute approximate surface area is 125 Å². The van der Waals surface area contributed by atoms with Gasteiger partial charge in [0.2, 0.25) is 0 Å². The molecule has 1 amide bonds. The number of aromatic amines is 1. The molecule has 0 aliphatic carbocycles. The fourth-order valence-corrected chi connectivity index (χ4v) is 2.24. The van der Waals surface area contributed by atoms with E-state index in [4.69, 9.17) is 0 Å². The molecule has 112 valence electrons. The Morgan fingerprint density at radius 3 is 2.67 bits per heavy atom. The molecule has 2 aromatic rings. The minimum absolute atomic E-state index is 0.0263. The second-order valence-corrected chi connectivity index (χ2v) is 5.42. The Morgan fingerprint density at radius 2 is 2.05 bits per heavy atom. The minimum Gasteiger partial charge on any atom is -0.345 e. The molecule has 5 nitrogen and oxygen atoms in total. The van der Waals surface area contributed by atoms with Crippen LogP contribution < -0.4 is 5.32 Å². The van der Waals surface area contributed by atoms with Crippen LogP contribution in [-0.2, 0) is 13.1 Å². The summed E-state index contributed by atoms with van der Waals surface area (Å²) in [7, 11) is 3.52. The van der Waals surface area contributed by atoms with Crippen LogP contribution in [0.2, 0.25) is 0 Å². The summed E-state index contributed by atoms with van der Waals surface area (Å²) in [5.74, 6) is 0.0263. The molecule has 0 spiro atoms. The van der Waals surface area contributed by atoms with E-state index in [-0.39, 0.29) is 5.91 Å². The van der Waals surface area contributed by atoms with Crippen molar-refractivity contribution in [2.75, 3.05) is 14.1 Å². The molecule has 1 aromatic heterocycles. The number of carbonyl (C=O) groups excluding carboxylic acids is 1. The lowest BCUT2D eigenvalue weighted by Gasteiger charge is -2.11. The van der Waals surface area contributed by atoms with E-state index >= 15 is 0 Å². The summed E-state index contributed by atoms with van der Waals surface area (Å²) in [5, 5.41) is 10.6. The van der Waals surface area contributed by atoms with Gasteiger partial charge in [-0.2, -0.15) is 5.10 Å². The Morgan fingerprint density at radius 1 is 1.29 bits per heavy atom. The first-order valence-electron chi connectivity index (χ1n) is 7.00. The quantitative estimate of drug-likeness (QED) is 0.884. The van der Waals surface area contributed by atoms with Crippen LogP contribution >= 0.6 is 0 Å². The number of carbonyl (C=O) groups is 1. The molecule has 0 saturated heterocycles. The van der Waals surface area contributed by atoms with E-state index in [1.165, 1.54) is 5.56 Å². The number of nitrogens with zero attached hydrogens (tertiary/aromatic N) is 2. The maximum absolute atomic E-state index is 11.9. The first-order chi connectivity index (χ1) is 9.99. The zero-order valence-corrected chi connectivity index (χ0v) is 13.0. The molecule has 21 heavy (non-hydrogen) atoms. The first kappa shape index (κ1) is 15.3. The molecule has 5 heteroatoms. The molecule has 2 rings (SSSR count). The maximum Gasteiger partial charge on any atom is 0.253 e. The second-order valence-electron chi connectivity index (χ2n) is 5.42. The van der Waals surface area contributed by atoms with Gasteiger partial charge in [-0.3, -0.25) is 9.89 Å². The smallest absolute Gasteiger partial charge is 0.253 e. The number of rotatable bonds is 5. The van der Waals surface area contributed by atoms with Gasteiger partial charge in [0.1, 0.15) is 0 Å². The Kier molecular flexibility index (Phi) is 4.75. The number of nitrogens with one attached hydrogen (secondary N) is 2. The highest BCUT2D eigenvalue weighted by molar-refractivity contribution is 5.94. The van der Waals surface area contributed by atoms with E-state index in [1.807, 2.05) is 38.1 Å². The van der Waals surface area contributed by atoms with Crippen molar-refractivity contribution < 1.29 is 4.79 Å². The largest absolute Gasteiger partial charge is 0.345 e. The van der Waals surface area contributed by atoms with Gasteiger partial charge >= 0.3 is 0 Å². The number of aromatic nitrogens is 2. The third kappa shape index (κ3) is 3.70. The van der Waals surface area contributed by atoms with E-state index in [0.29, 0.717) is 0 Å². The van der Waals surface area contributed by atoms with Gasteiger partial charge in [0, 0.05) is 44.0 Å². The van der Waals surface area contributed by atoms with Gasteiger partial charge in [-0.05, 0) is 31.5 Å². The van der Waals surface area contributed by atoms with Crippen LogP contribution in [0.4, 0.5) is 0 Å². The summed E-state index contributed by atoms with van der Waals surface area (Å²) in [4.78, 5) is 13.5.